The van der Waals surface area contributed by atoms with Crippen molar-refractivity contribution in [2.45, 2.75) is 19.3 Å². The van der Waals surface area contributed by atoms with Crippen LogP contribution in [-0.2, 0) is 25.5 Å². The first kappa shape index (κ1) is 38.2. The average Bonchev–Trinajstić information content (AvgIpc) is 3.65. The first-order valence-corrected chi connectivity index (χ1v) is 20.5. The van der Waals surface area contributed by atoms with Crippen molar-refractivity contribution in [2.24, 2.45) is 0 Å². The van der Waals surface area contributed by atoms with Gasteiger partial charge in [-0.15, -0.1) is 71.3 Å². The topological polar surface area (TPSA) is 30.7 Å². The Hall–Kier alpha value is -6.97. The average molecular weight is 958 g/mol. The van der Waals surface area contributed by atoms with Crippen LogP contribution in [0, 0.1) is 12.1 Å². The van der Waals surface area contributed by atoms with Crippen LogP contribution in [0.4, 0.5) is 0 Å². The van der Waals surface area contributed by atoms with Gasteiger partial charge in [0.1, 0.15) is 0 Å². The largest absolute Gasteiger partial charge is 0.309 e. The van der Waals surface area contributed by atoms with Gasteiger partial charge in [0.2, 0.25) is 0 Å². The standard InChI is InChI=1S/C42H29N2.C15H10N.Ir/c1-42(2)36-17-8-9-18-39(36)44-38-20-19-30(27-11-4-3-5-12-27)24-34(38)35-25-32(26-37(42)41(35)44)29-14-10-15-31(23-29)40-33-16-7-6-13-28(33)21-22-43-40;1-2-7-13(8-3-1)15-14-9-5-4-6-12(14)10-11-16-15;/h3-14,16-26H,1-2H3;1-7,9-11H;/q2*-1;. The van der Waals surface area contributed by atoms with E-state index in [1.807, 2.05) is 60.9 Å². The third-order valence-electron chi connectivity index (χ3n) is 12.2. The third-order valence-corrected chi connectivity index (χ3v) is 12.2. The van der Waals surface area contributed by atoms with Gasteiger partial charge in [-0.05, 0) is 103 Å². The molecule has 0 fully saturated rings. The molecule has 61 heavy (non-hydrogen) atoms. The molecule has 1 radical (unpaired) electrons. The number of fused-ring (bicyclic) bond motifs is 7. The van der Waals surface area contributed by atoms with E-state index in [9.17, 15) is 0 Å². The normalized spacial score (nSPS) is 12.4. The fraction of sp³-hybridized carbons (Fsp3) is 0.0526. The summed E-state index contributed by atoms with van der Waals surface area (Å²) in [6, 6.07) is 73.3. The van der Waals surface area contributed by atoms with Gasteiger partial charge in [-0.25, -0.2) is 0 Å². The summed E-state index contributed by atoms with van der Waals surface area (Å²) in [6.45, 7) is 4.73. The molecule has 1 aliphatic rings. The van der Waals surface area contributed by atoms with E-state index in [-0.39, 0.29) is 25.5 Å². The molecule has 8 aromatic carbocycles. The molecule has 12 rings (SSSR count). The monoisotopic (exact) mass is 958 g/mol. The maximum Gasteiger partial charge on any atom is 0.0582 e. The van der Waals surface area contributed by atoms with Crippen LogP contribution in [0.1, 0.15) is 25.0 Å². The Morgan fingerprint density at radius 3 is 1.80 bits per heavy atom. The summed E-state index contributed by atoms with van der Waals surface area (Å²) in [5, 5.41) is 7.27. The zero-order valence-electron chi connectivity index (χ0n) is 33.7. The minimum absolute atomic E-state index is 0. The number of para-hydroxylation sites is 1. The summed E-state index contributed by atoms with van der Waals surface area (Å²) in [5.74, 6) is 0. The molecule has 1 aliphatic heterocycles. The number of hydrogen-bond donors (Lipinski definition) is 0. The van der Waals surface area contributed by atoms with E-state index in [0.29, 0.717) is 0 Å². The molecule has 0 bridgehead atoms. The van der Waals surface area contributed by atoms with Crippen molar-refractivity contribution in [2.75, 3.05) is 0 Å². The molecule has 0 atom stereocenters. The van der Waals surface area contributed by atoms with Gasteiger partial charge in [-0.3, -0.25) is 0 Å². The Labute approximate surface area is 369 Å². The van der Waals surface area contributed by atoms with E-state index >= 15 is 0 Å². The van der Waals surface area contributed by atoms with E-state index in [2.05, 4.69) is 175 Å². The Bertz CT molecular complexity index is 3390. The second-order valence-electron chi connectivity index (χ2n) is 16.0. The second-order valence-corrected chi connectivity index (χ2v) is 16.0. The van der Waals surface area contributed by atoms with Crippen LogP contribution in [0.3, 0.4) is 0 Å². The molecule has 0 N–H and O–H groups in total. The van der Waals surface area contributed by atoms with Crippen LogP contribution in [0.5, 0.6) is 0 Å². The van der Waals surface area contributed by atoms with E-state index in [4.69, 9.17) is 4.98 Å². The van der Waals surface area contributed by atoms with E-state index < -0.39 is 0 Å². The molecule has 0 saturated heterocycles. The summed E-state index contributed by atoms with van der Waals surface area (Å²) in [4.78, 5) is 9.25. The molecule has 3 nitrogen and oxygen atoms in total. The van der Waals surface area contributed by atoms with E-state index in [0.717, 1.165) is 27.9 Å². The van der Waals surface area contributed by atoms with Gasteiger partial charge in [-0.1, -0.05) is 117 Å². The maximum atomic E-state index is 4.80. The Kier molecular flexibility index (Phi) is 9.76. The van der Waals surface area contributed by atoms with E-state index in [1.54, 1.807) is 0 Å². The molecular formula is C57H39IrN3-2. The van der Waals surface area contributed by atoms with Crippen molar-refractivity contribution < 1.29 is 20.1 Å². The summed E-state index contributed by atoms with van der Waals surface area (Å²) in [6.07, 6.45) is 3.74. The van der Waals surface area contributed by atoms with Crippen molar-refractivity contribution in [1.29, 1.82) is 0 Å². The molecule has 0 unspecified atom stereocenters. The van der Waals surface area contributed by atoms with Crippen LogP contribution in [0.25, 0.3) is 93.8 Å². The van der Waals surface area contributed by atoms with Crippen LogP contribution >= 0.6 is 0 Å². The maximum absolute atomic E-state index is 4.80. The predicted molar refractivity (Wildman–Crippen MR) is 249 cm³/mol. The zero-order chi connectivity index (χ0) is 40.2. The van der Waals surface area contributed by atoms with Crippen molar-refractivity contribution in [1.82, 2.24) is 14.5 Å². The summed E-state index contributed by atoms with van der Waals surface area (Å²) in [7, 11) is 0. The number of hydrogen-bond acceptors (Lipinski definition) is 2. The molecule has 0 amide bonds. The van der Waals surface area contributed by atoms with Crippen LogP contribution in [-0.4, -0.2) is 14.5 Å². The van der Waals surface area contributed by atoms with Gasteiger partial charge in [0.15, 0.2) is 0 Å². The van der Waals surface area contributed by atoms with Gasteiger partial charge < -0.3 is 14.5 Å². The van der Waals surface area contributed by atoms with Gasteiger partial charge in [-0.2, -0.15) is 0 Å². The van der Waals surface area contributed by atoms with Crippen molar-refractivity contribution in [3.63, 3.8) is 0 Å². The van der Waals surface area contributed by atoms with Crippen LogP contribution in [0.15, 0.2) is 200 Å². The third kappa shape index (κ3) is 6.57. The minimum atomic E-state index is -0.168. The summed E-state index contributed by atoms with van der Waals surface area (Å²) >= 11 is 0. The molecule has 0 spiro atoms. The first-order valence-electron chi connectivity index (χ1n) is 20.5. The molecule has 4 heteroatoms. The Morgan fingerprint density at radius 2 is 1.07 bits per heavy atom. The number of pyridine rings is 2. The van der Waals surface area contributed by atoms with Gasteiger partial charge >= 0.3 is 0 Å². The molecule has 3 aromatic heterocycles. The molecule has 293 valence electrons. The van der Waals surface area contributed by atoms with Crippen molar-refractivity contribution in [3.8, 4) is 50.5 Å². The van der Waals surface area contributed by atoms with Gasteiger partial charge in [0.25, 0.3) is 0 Å². The number of aromatic nitrogens is 3. The molecular weight excluding hydrogens is 919 g/mol. The molecule has 11 aromatic rings. The number of rotatable bonds is 4. The fourth-order valence-corrected chi connectivity index (χ4v) is 9.19. The number of benzene rings is 8. The number of nitrogens with zero attached hydrogens (tertiary/aromatic N) is 3. The molecule has 0 aliphatic carbocycles. The Morgan fingerprint density at radius 1 is 0.443 bits per heavy atom. The SMILES string of the molecule is CC1(C)c2ccccc2-n2c3ccc(-c4ccccc4)cc3c3cc(-c4cc[c-]c(-c5nccc6ccccc56)c4)cc1c32.[Ir].[c-]1ccccc1-c1nccc2ccccc12. The van der Waals surface area contributed by atoms with Crippen molar-refractivity contribution >= 4 is 43.4 Å². The minimum Gasteiger partial charge on any atom is -0.309 e. The van der Waals surface area contributed by atoms with Crippen molar-refractivity contribution in [3.05, 3.63) is 224 Å². The fourth-order valence-electron chi connectivity index (χ4n) is 9.19. The second kappa shape index (κ2) is 15.6. The zero-order valence-corrected chi connectivity index (χ0v) is 36.1. The molecule has 4 heterocycles. The summed E-state index contributed by atoms with van der Waals surface area (Å²) < 4.78 is 2.49. The van der Waals surface area contributed by atoms with Gasteiger partial charge in [0, 0.05) is 48.7 Å². The molecule has 0 saturated carbocycles. The van der Waals surface area contributed by atoms with Crippen LogP contribution < -0.4 is 0 Å². The smallest absolute Gasteiger partial charge is 0.0582 e. The predicted octanol–water partition coefficient (Wildman–Crippen LogP) is 14.5. The Balaban J connectivity index is 0.000000220. The van der Waals surface area contributed by atoms with E-state index in [1.165, 1.54) is 77.0 Å². The summed E-state index contributed by atoms with van der Waals surface area (Å²) in [5.41, 5.74) is 15.2. The quantitative estimate of drug-likeness (QED) is 0.165. The van der Waals surface area contributed by atoms with Gasteiger partial charge in [0.05, 0.1) is 16.7 Å². The van der Waals surface area contributed by atoms with Crippen LogP contribution in [0.2, 0.25) is 0 Å². The first-order chi connectivity index (χ1) is 29.5.